The van der Waals surface area contributed by atoms with Crippen LogP contribution in [0.4, 0.5) is 0 Å². The molecule has 1 saturated heterocycles. The van der Waals surface area contributed by atoms with Crippen molar-refractivity contribution in [2.45, 2.75) is 39.2 Å². The van der Waals surface area contributed by atoms with Crippen LogP contribution in [0.15, 0.2) is 21.9 Å². The molecule has 2 aromatic heterocycles. The molecule has 0 radical (unpaired) electrons. The van der Waals surface area contributed by atoms with Crippen molar-refractivity contribution in [1.82, 2.24) is 9.88 Å². The molecule has 2 aromatic rings. The third-order valence-electron chi connectivity index (χ3n) is 4.39. The number of aromatic nitrogens is 1. The van der Waals surface area contributed by atoms with Crippen molar-refractivity contribution in [3.8, 4) is 10.8 Å². The van der Waals surface area contributed by atoms with Gasteiger partial charge in [-0.2, -0.15) is 0 Å². The minimum Gasteiger partial charge on any atom is -0.459 e. The summed E-state index contributed by atoms with van der Waals surface area (Å²) < 4.78 is 5.57. The van der Waals surface area contributed by atoms with Gasteiger partial charge >= 0.3 is 0 Å². The molecule has 1 fully saturated rings. The SMILES string of the molecule is Cc1ccc(-c2nc(CC(=O)N3CC(CO)CCC3C)cs2)o1. The summed E-state index contributed by atoms with van der Waals surface area (Å²) in [5.74, 6) is 1.89. The summed E-state index contributed by atoms with van der Waals surface area (Å²) in [5, 5.41) is 12.1. The van der Waals surface area contributed by atoms with E-state index in [-0.39, 0.29) is 24.5 Å². The number of amides is 1. The summed E-state index contributed by atoms with van der Waals surface area (Å²) in [5.41, 5.74) is 0.780. The Morgan fingerprint density at radius 1 is 1.48 bits per heavy atom. The fourth-order valence-electron chi connectivity index (χ4n) is 2.99. The Bertz CT molecular complexity index is 679. The van der Waals surface area contributed by atoms with Gasteiger partial charge in [0.15, 0.2) is 10.8 Å². The van der Waals surface area contributed by atoms with Crippen molar-refractivity contribution in [2.75, 3.05) is 13.2 Å². The van der Waals surface area contributed by atoms with Gasteiger partial charge in [-0.3, -0.25) is 4.79 Å². The van der Waals surface area contributed by atoms with Crippen LogP contribution in [0.2, 0.25) is 0 Å². The van der Waals surface area contributed by atoms with Crippen molar-refractivity contribution in [3.63, 3.8) is 0 Å². The van der Waals surface area contributed by atoms with E-state index in [0.29, 0.717) is 13.0 Å². The number of aliphatic hydroxyl groups is 1. The molecular formula is C17H22N2O3S. The zero-order valence-corrected chi connectivity index (χ0v) is 14.3. The minimum absolute atomic E-state index is 0.0862. The Morgan fingerprint density at radius 3 is 3.00 bits per heavy atom. The molecule has 2 atom stereocenters. The Balaban J connectivity index is 1.67. The van der Waals surface area contributed by atoms with Gasteiger partial charge < -0.3 is 14.4 Å². The normalized spacial score (nSPS) is 21.6. The van der Waals surface area contributed by atoms with Gasteiger partial charge in [0.2, 0.25) is 5.91 Å². The molecule has 1 aliphatic heterocycles. The monoisotopic (exact) mass is 334 g/mol. The molecule has 0 aromatic carbocycles. The molecule has 2 unspecified atom stereocenters. The van der Waals surface area contributed by atoms with E-state index in [0.717, 1.165) is 35.1 Å². The van der Waals surface area contributed by atoms with Gasteiger partial charge in [-0.15, -0.1) is 11.3 Å². The molecular weight excluding hydrogens is 312 g/mol. The predicted molar refractivity (Wildman–Crippen MR) is 89.2 cm³/mol. The highest BCUT2D eigenvalue weighted by atomic mass is 32.1. The summed E-state index contributed by atoms with van der Waals surface area (Å²) in [7, 11) is 0. The quantitative estimate of drug-likeness (QED) is 0.933. The van der Waals surface area contributed by atoms with E-state index in [1.165, 1.54) is 11.3 Å². The van der Waals surface area contributed by atoms with Gasteiger partial charge in [-0.05, 0) is 44.7 Å². The van der Waals surface area contributed by atoms with Gasteiger partial charge in [-0.1, -0.05) is 0 Å². The Kier molecular flexibility index (Phi) is 4.82. The summed E-state index contributed by atoms with van der Waals surface area (Å²) in [6.45, 7) is 4.76. The fourth-order valence-corrected chi connectivity index (χ4v) is 3.77. The van der Waals surface area contributed by atoms with E-state index < -0.39 is 0 Å². The number of thiazole rings is 1. The lowest BCUT2D eigenvalue weighted by Crippen LogP contribution is -2.47. The number of furan rings is 1. The molecule has 1 amide bonds. The molecule has 1 aliphatic rings. The van der Waals surface area contributed by atoms with Crippen LogP contribution in [0.5, 0.6) is 0 Å². The molecule has 3 heterocycles. The molecule has 3 rings (SSSR count). The van der Waals surface area contributed by atoms with E-state index in [4.69, 9.17) is 4.42 Å². The molecule has 6 heteroatoms. The number of aliphatic hydroxyl groups excluding tert-OH is 1. The first kappa shape index (κ1) is 16.2. The molecule has 0 bridgehead atoms. The first-order valence-corrected chi connectivity index (χ1v) is 8.86. The summed E-state index contributed by atoms with van der Waals surface area (Å²) in [4.78, 5) is 19.0. The van der Waals surface area contributed by atoms with E-state index in [9.17, 15) is 9.90 Å². The van der Waals surface area contributed by atoms with Crippen molar-refractivity contribution < 1.29 is 14.3 Å². The first-order chi connectivity index (χ1) is 11.1. The van der Waals surface area contributed by atoms with Gasteiger partial charge in [0.1, 0.15) is 5.76 Å². The Labute approximate surface area is 140 Å². The van der Waals surface area contributed by atoms with Crippen molar-refractivity contribution in [1.29, 1.82) is 0 Å². The molecule has 1 N–H and O–H groups in total. The van der Waals surface area contributed by atoms with Gasteiger partial charge in [0.25, 0.3) is 0 Å². The maximum absolute atomic E-state index is 12.6. The maximum Gasteiger partial charge on any atom is 0.228 e. The third-order valence-corrected chi connectivity index (χ3v) is 5.30. The summed E-state index contributed by atoms with van der Waals surface area (Å²) >= 11 is 1.49. The van der Waals surface area contributed by atoms with Crippen LogP contribution >= 0.6 is 11.3 Å². The Morgan fingerprint density at radius 2 is 2.30 bits per heavy atom. The second kappa shape index (κ2) is 6.84. The van der Waals surface area contributed by atoms with Crippen LogP contribution in [-0.4, -0.2) is 40.1 Å². The first-order valence-electron chi connectivity index (χ1n) is 7.98. The van der Waals surface area contributed by atoms with Crippen LogP contribution < -0.4 is 0 Å². The van der Waals surface area contributed by atoms with E-state index >= 15 is 0 Å². The second-order valence-corrected chi connectivity index (χ2v) is 7.11. The predicted octanol–water partition coefficient (Wildman–Crippen LogP) is 2.87. The van der Waals surface area contributed by atoms with Gasteiger partial charge in [0.05, 0.1) is 12.1 Å². The molecule has 23 heavy (non-hydrogen) atoms. The van der Waals surface area contributed by atoms with Crippen LogP contribution in [-0.2, 0) is 11.2 Å². The standard InChI is InChI=1S/C17H22N2O3S/c1-11-3-5-13(9-20)8-19(11)16(21)7-14-10-23-17(18-14)15-6-4-12(2)22-15/h4,6,10-11,13,20H,3,5,7-9H2,1-2H3. The minimum atomic E-state index is 0.0862. The van der Waals surface area contributed by atoms with Crippen LogP contribution in [0, 0.1) is 12.8 Å². The van der Waals surface area contributed by atoms with Crippen molar-refractivity contribution in [3.05, 3.63) is 29.0 Å². The van der Waals surface area contributed by atoms with Crippen molar-refractivity contribution >= 4 is 17.2 Å². The Hall–Kier alpha value is -1.66. The number of carbonyl (C=O) groups excluding carboxylic acids is 1. The average Bonchev–Trinajstić information content (AvgIpc) is 3.16. The summed E-state index contributed by atoms with van der Waals surface area (Å²) in [6.07, 6.45) is 2.24. The van der Waals surface area contributed by atoms with Crippen LogP contribution in [0.1, 0.15) is 31.2 Å². The van der Waals surface area contributed by atoms with Crippen LogP contribution in [0.3, 0.4) is 0 Å². The number of aryl methyl sites for hydroxylation is 1. The second-order valence-electron chi connectivity index (χ2n) is 6.25. The molecule has 0 saturated carbocycles. The highest BCUT2D eigenvalue weighted by molar-refractivity contribution is 7.13. The zero-order chi connectivity index (χ0) is 16.4. The lowest BCUT2D eigenvalue weighted by molar-refractivity contribution is -0.135. The number of hydrogen-bond acceptors (Lipinski definition) is 5. The van der Waals surface area contributed by atoms with Crippen molar-refractivity contribution in [2.24, 2.45) is 5.92 Å². The smallest absolute Gasteiger partial charge is 0.228 e. The number of carbonyl (C=O) groups is 1. The lowest BCUT2D eigenvalue weighted by atomic mass is 9.94. The van der Waals surface area contributed by atoms with E-state index in [2.05, 4.69) is 11.9 Å². The van der Waals surface area contributed by atoms with Crippen LogP contribution in [0.25, 0.3) is 10.8 Å². The number of likely N-dealkylation sites (tertiary alicyclic amines) is 1. The molecule has 124 valence electrons. The lowest BCUT2D eigenvalue weighted by Gasteiger charge is -2.37. The zero-order valence-electron chi connectivity index (χ0n) is 13.5. The van der Waals surface area contributed by atoms with Gasteiger partial charge in [-0.25, -0.2) is 4.98 Å². The largest absolute Gasteiger partial charge is 0.459 e. The number of piperidine rings is 1. The summed E-state index contributed by atoms with van der Waals surface area (Å²) in [6, 6.07) is 4.04. The number of nitrogens with zero attached hydrogens (tertiary/aromatic N) is 2. The molecule has 0 aliphatic carbocycles. The maximum atomic E-state index is 12.6. The average molecular weight is 334 g/mol. The molecule has 0 spiro atoms. The highest BCUT2D eigenvalue weighted by Gasteiger charge is 2.28. The number of hydrogen-bond donors (Lipinski definition) is 1. The van der Waals surface area contributed by atoms with Gasteiger partial charge in [0, 0.05) is 24.6 Å². The number of rotatable bonds is 4. The van der Waals surface area contributed by atoms with E-state index in [1.54, 1.807) is 0 Å². The van der Waals surface area contributed by atoms with E-state index in [1.807, 2.05) is 29.3 Å². The highest BCUT2D eigenvalue weighted by Crippen LogP contribution is 2.27. The molecule has 5 nitrogen and oxygen atoms in total. The fraction of sp³-hybridized carbons (Fsp3) is 0.529. The topological polar surface area (TPSA) is 66.6 Å². The third kappa shape index (κ3) is 3.64.